The Balaban J connectivity index is 1.59. The van der Waals surface area contributed by atoms with Gasteiger partial charge in [0.2, 0.25) is 0 Å². The van der Waals surface area contributed by atoms with Gasteiger partial charge in [-0.25, -0.2) is 4.68 Å². The van der Waals surface area contributed by atoms with Gasteiger partial charge in [-0.3, -0.25) is 0 Å². The van der Waals surface area contributed by atoms with E-state index in [4.69, 9.17) is 27.2 Å². The molecule has 2 N–H and O–H groups in total. The van der Waals surface area contributed by atoms with Crippen LogP contribution in [0.1, 0.15) is 36.9 Å². The Morgan fingerprint density at radius 3 is 2.65 bits per heavy atom. The van der Waals surface area contributed by atoms with Crippen LogP contribution in [0.5, 0.6) is 11.5 Å². The molecule has 3 aromatic rings. The quantitative estimate of drug-likeness (QED) is 0.579. The van der Waals surface area contributed by atoms with Gasteiger partial charge in [-0.05, 0) is 80.9 Å². The van der Waals surface area contributed by atoms with Gasteiger partial charge in [0, 0.05) is 17.1 Å². The number of likely N-dealkylation sites (tertiary alicyclic amines) is 1. The molecule has 0 aliphatic carbocycles. The number of halogens is 1. The van der Waals surface area contributed by atoms with Crippen molar-refractivity contribution in [2.24, 2.45) is 0 Å². The molecule has 0 amide bonds. The minimum atomic E-state index is 0.185. The zero-order valence-corrected chi connectivity index (χ0v) is 18.6. The molecule has 160 valence electrons. The van der Waals surface area contributed by atoms with Crippen molar-refractivity contribution in [3.05, 3.63) is 58.6 Å². The number of likely N-dealkylation sites (N-methyl/N-ethyl adjacent to an activating group) is 1. The maximum absolute atomic E-state index is 9.74. The highest BCUT2D eigenvalue weighted by Gasteiger charge is 2.26. The molecule has 4 rings (SSSR count). The lowest BCUT2D eigenvalue weighted by Gasteiger charge is -2.32. The van der Waals surface area contributed by atoms with Gasteiger partial charge in [0.05, 0.1) is 6.04 Å². The summed E-state index contributed by atoms with van der Waals surface area (Å²) in [7, 11) is 0. The SMILES string of the molecule is CCN1CCCC(n2nc(-c3ccc(Oc4ccc(Cl)c(C)c4)cc3)c(C#N)c2N)C1. The molecule has 31 heavy (non-hydrogen) atoms. The van der Waals surface area contributed by atoms with Crippen LogP contribution in [0.25, 0.3) is 11.3 Å². The Morgan fingerprint density at radius 1 is 1.23 bits per heavy atom. The average Bonchev–Trinajstić information content (AvgIpc) is 3.13. The first-order valence-electron chi connectivity index (χ1n) is 10.5. The number of aromatic nitrogens is 2. The summed E-state index contributed by atoms with van der Waals surface area (Å²) >= 11 is 6.08. The van der Waals surface area contributed by atoms with Crippen molar-refractivity contribution in [2.75, 3.05) is 25.4 Å². The van der Waals surface area contributed by atoms with Crippen LogP contribution in [0, 0.1) is 18.3 Å². The molecule has 1 unspecified atom stereocenters. The van der Waals surface area contributed by atoms with Crippen molar-refractivity contribution >= 4 is 17.4 Å². The standard InChI is InChI=1S/C24H26ClN5O/c1-3-29-12-4-5-18(15-29)30-24(27)21(14-26)23(28-30)17-6-8-19(9-7-17)31-20-10-11-22(25)16(2)13-20/h6-11,13,18H,3-5,12,15,27H2,1-2H3. The van der Waals surface area contributed by atoms with E-state index >= 15 is 0 Å². The summed E-state index contributed by atoms with van der Waals surface area (Å²) in [6.07, 6.45) is 2.12. The van der Waals surface area contributed by atoms with Gasteiger partial charge in [0.1, 0.15) is 34.6 Å². The van der Waals surface area contributed by atoms with E-state index in [0.29, 0.717) is 27.8 Å². The molecule has 0 radical (unpaired) electrons. The van der Waals surface area contributed by atoms with Gasteiger partial charge >= 0.3 is 0 Å². The van der Waals surface area contributed by atoms with Crippen LogP contribution in [-0.4, -0.2) is 34.3 Å². The number of nitrogen functional groups attached to an aromatic ring is 1. The lowest BCUT2D eigenvalue weighted by Crippen LogP contribution is -2.37. The molecular formula is C24H26ClN5O. The fourth-order valence-electron chi connectivity index (χ4n) is 4.05. The molecule has 0 saturated carbocycles. The predicted octanol–water partition coefficient (Wildman–Crippen LogP) is 5.41. The predicted molar refractivity (Wildman–Crippen MR) is 123 cm³/mol. The van der Waals surface area contributed by atoms with Gasteiger partial charge < -0.3 is 15.4 Å². The number of piperidine rings is 1. The lowest BCUT2D eigenvalue weighted by atomic mass is 10.1. The van der Waals surface area contributed by atoms with E-state index in [2.05, 4.69) is 17.9 Å². The molecule has 1 aliphatic heterocycles. The van der Waals surface area contributed by atoms with Gasteiger partial charge in [0.15, 0.2) is 0 Å². The highest BCUT2D eigenvalue weighted by molar-refractivity contribution is 6.31. The van der Waals surface area contributed by atoms with E-state index in [0.717, 1.165) is 49.4 Å². The minimum absolute atomic E-state index is 0.185. The van der Waals surface area contributed by atoms with Crippen LogP contribution in [0.4, 0.5) is 5.82 Å². The van der Waals surface area contributed by atoms with Crippen molar-refractivity contribution in [1.82, 2.24) is 14.7 Å². The number of ether oxygens (including phenoxy) is 1. The molecule has 0 bridgehead atoms. The van der Waals surface area contributed by atoms with Crippen molar-refractivity contribution in [3.8, 4) is 28.8 Å². The summed E-state index contributed by atoms with van der Waals surface area (Å²) in [5.74, 6) is 1.86. The second-order valence-corrected chi connectivity index (χ2v) is 8.30. The first kappa shape index (κ1) is 21.2. The number of hydrogen-bond donors (Lipinski definition) is 1. The zero-order valence-electron chi connectivity index (χ0n) is 17.8. The summed E-state index contributed by atoms with van der Waals surface area (Å²) in [6.45, 7) is 7.11. The maximum atomic E-state index is 9.74. The smallest absolute Gasteiger partial charge is 0.140 e. The van der Waals surface area contributed by atoms with Crippen LogP contribution in [-0.2, 0) is 0 Å². The highest BCUT2D eigenvalue weighted by atomic mass is 35.5. The fourth-order valence-corrected chi connectivity index (χ4v) is 4.17. The van der Waals surface area contributed by atoms with Crippen LogP contribution in [0.3, 0.4) is 0 Å². The van der Waals surface area contributed by atoms with Gasteiger partial charge in [-0.2, -0.15) is 10.4 Å². The number of aryl methyl sites for hydroxylation is 1. The second-order valence-electron chi connectivity index (χ2n) is 7.89. The summed E-state index contributed by atoms with van der Waals surface area (Å²) in [4.78, 5) is 2.39. The fraction of sp³-hybridized carbons (Fsp3) is 0.333. The van der Waals surface area contributed by atoms with Gasteiger partial charge in [0.25, 0.3) is 0 Å². The molecule has 1 aromatic heterocycles. The summed E-state index contributed by atoms with van der Waals surface area (Å²) < 4.78 is 7.77. The van der Waals surface area contributed by atoms with Crippen molar-refractivity contribution in [3.63, 3.8) is 0 Å². The molecule has 1 saturated heterocycles. The Hall–Kier alpha value is -3.01. The Kier molecular flexibility index (Phi) is 6.17. The lowest BCUT2D eigenvalue weighted by molar-refractivity contribution is 0.179. The molecule has 2 aromatic carbocycles. The topological polar surface area (TPSA) is 80.1 Å². The number of rotatable bonds is 5. The maximum Gasteiger partial charge on any atom is 0.140 e. The Bertz CT molecular complexity index is 1120. The second kappa shape index (κ2) is 9.01. The normalized spacial score (nSPS) is 16.8. The molecule has 6 nitrogen and oxygen atoms in total. The Morgan fingerprint density at radius 2 is 1.97 bits per heavy atom. The van der Waals surface area contributed by atoms with E-state index in [9.17, 15) is 5.26 Å². The van der Waals surface area contributed by atoms with E-state index in [1.807, 2.05) is 54.1 Å². The number of nitriles is 1. The van der Waals surface area contributed by atoms with Crippen molar-refractivity contribution in [2.45, 2.75) is 32.7 Å². The molecule has 1 atom stereocenters. The van der Waals surface area contributed by atoms with Gasteiger partial charge in [-0.15, -0.1) is 0 Å². The number of anilines is 1. The largest absolute Gasteiger partial charge is 0.457 e. The number of hydrogen-bond acceptors (Lipinski definition) is 5. The van der Waals surface area contributed by atoms with Gasteiger partial charge in [-0.1, -0.05) is 18.5 Å². The molecule has 0 spiro atoms. The third kappa shape index (κ3) is 4.39. The van der Waals surface area contributed by atoms with Crippen molar-refractivity contribution in [1.29, 1.82) is 5.26 Å². The molecule has 1 aliphatic rings. The van der Waals surface area contributed by atoms with E-state index in [1.54, 1.807) is 0 Å². The number of benzene rings is 2. The van der Waals surface area contributed by atoms with Crippen LogP contribution in [0.15, 0.2) is 42.5 Å². The summed E-state index contributed by atoms with van der Waals surface area (Å²) in [6, 6.07) is 15.5. The summed E-state index contributed by atoms with van der Waals surface area (Å²) in [5, 5.41) is 15.2. The monoisotopic (exact) mass is 435 g/mol. The zero-order chi connectivity index (χ0) is 22.0. The molecule has 7 heteroatoms. The van der Waals surface area contributed by atoms with E-state index in [-0.39, 0.29) is 6.04 Å². The van der Waals surface area contributed by atoms with E-state index < -0.39 is 0 Å². The van der Waals surface area contributed by atoms with Crippen molar-refractivity contribution < 1.29 is 4.74 Å². The molecule has 1 fully saturated rings. The minimum Gasteiger partial charge on any atom is -0.457 e. The highest BCUT2D eigenvalue weighted by Crippen LogP contribution is 2.33. The van der Waals surface area contributed by atoms with E-state index in [1.165, 1.54) is 0 Å². The number of nitrogens with two attached hydrogens (primary N) is 1. The van der Waals surface area contributed by atoms with Crippen LogP contribution >= 0.6 is 11.6 Å². The summed E-state index contributed by atoms with van der Waals surface area (Å²) in [5.41, 5.74) is 9.19. The Labute approximate surface area is 187 Å². The molecular weight excluding hydrogens is 410 g/mol. The van der Waals surface area contributed by atoms with Crippen LogP contribution in [0.2, 0.25) is 5.02 Å². The third-order valence-corrected chi connectivity index (χ3v) is 6.25. The first-order valence-corrected chi connectivity index (χ1v) is 10.9. The number of nitrogens with zero attached hydrogens (tertiary/aromatic N) is 4. The van der Waals surface area contributed by atoms with Crippen LogP contribution < -0.4 is 10.5 Å². The molecule has 2 heterocycles. The third-order valence-electron chi connectivity index (χ3n) is 5.83. The average molecular weight is 436 g/mol. The first-order chi connectivity index (χ1) is 15.0.